The quantitative estimate of drug-likeness (QED) is 0.706. The molecule has 0 saturated carbocycles. The average Bonchev–Trinajstić information content (AvgIpc) is 3.24. The third-order valence-corrected chi connectivity index (χ3v) is 4.96. The van der Waals surface area contributed by atoms with Crippen LogP contribution in [0.1, 0.15) is 22.4 Å². The minimum atomic E-state index is -0.459. The summed E-state index contributed by atoms with van der Waals surface area (Å²) >= 11 is 5.92. The highest BCUT2D eigenvalue weighted by Gasteiger charge is 2.26. The van der Waals surface area contributed by atoms with Gasteiger partial charge in [-0.1, -0.05) is 11.6 Å². The van der Waals surface area contributed by atoms with Crippen LogP contribution in [0.25, 0.3) is 11.0 Å². The number of furan rings is 1. The van der Waals surface area contributed by atoms with Crippen molar-refractivity contribution < 1.29 is 18.4 Å². The summed E-state index contributed by atoms with van der Waals surface area (Å²) in [6.07, 6.45) is 1.61. The SMILES string of the molecule is O=C(NC[C@H](c1ccco1)N1CCOCC1)c1cc(=O)c2cc(Cl)ccc2o1. The Morgan fingerprint density at radius 2 is 2.04 bits per heavy atom. The molecule has 1 amide bonds. The Bertz CT molecular complexity index is 1020. The number of nitrogens with zero attached hydrogens (tertiary/aromatic N) is 1. The van der Waals surface area contributed by atoms with Gasteiger partial charge < -0.3 is 18.9 Å². The van der Waals surface area contributed by atoms with E-state index < -0.39 is 5.91 Å². The maximum absolute atomic E-state index is 12.6. The number of ether oxygens (including phenoxy) is 1. The van der Waals surface area contributed by atoms with Gasteiger partial charge in [-0.3, -0.25) is 14.5 Å². The van der Waals surface area contributed by atoms with Crippen LogP contribution in [0.4, 0.5) is 0 Å². The summed E-state index contributed by atoms with van der Waals surface area (Å²) in [5, 5.41) is 3.62. The number of morpholine rings is 1. The maximum atomic E-state index is 12.6. The molecule has 1 aliphatic rings. The Labute approximate surface area is 165 Å². The highest BCUT2D eigenvalue weighted by molar-refractivity contribution is 6.31. The van der Waals surface area contributed by atoms with Gasteiger partial charge in [0.15, 0.2) is 11.2 Å². The number of nitrogens with one attached hydrogen (secondary N) is 1. The van der Waals surface area contributed by atoms with Crippen molar-refractivity contribution in [3.05, 3.63) is 69.4 Å². The second-order valence-electron chi connectivity index (χ2n) is 6.50. The van der Waals surface area contributed by atoms with Crippen molar-refractivity contribution >= 4 is 28.5 Å². The summed E-state index contributed by atoms with van der Waals surface area (Å²) in [5.74, 6) is 0.260. The van der Waals surface area contributed by atoms with Gasteiger partial charge in [0.2, 0.25) is 0 Å². The fraction of sp³-hybridized carbons (Fsp3) is 0.300. The first-order valence-corrected chi connectivity index (χ1v) is 9.36. The molecule has 1 aromatic carbocycles. The molecule has 4 rings (SSSR count). The van der Waals surface area contributed by atoms with Crippen molar-refractivity contribution in [2.45, 2.75) is 6.04 Å². The molecular formula is C20H19ClN2O5. The number of carbonyl (C=O) groups excluding carboxylic acids is 1. The molecule has 1 aliphatic heterocycles. The molecular weight excluding hydrogens is 384 g/mol. The summed E-state index contributed by atoms with van der Waals surface area (Å²) in [5.41, 5.74) is 0.00229. The van der Waals surface area contributed by atoms with Gasteiger partial charge >= 0.3 is 0 Å². The fourth-order valence-electron chi connectivity index (χ4n) is 3.30. The van der Waals surface area contributed by atoms with Crippen LogP contribution < -0.4 is 10.7 Å². The summed E-state index contributed by atoms with van der Waals surface area (Å²) in [6.45, 7) is 3.06. The standard InChI is InChI=1S/C20H19ClN2O5/c21-13-3-4-17-14(10-13)16(24)11-19(28-17)20(25)22-12-15(18-2-1-7-27-18)23-5-8-26-9-6-23/h1-4,7,10-11,15H,5-6,8-9,12H2,(H,22,25)/t15-/m1/s1. The first kappa shape index (κ1) is 18.7. The first-order chi connectivity index (χ1) is 13.6. The molecule has 3 aromatic rings. The second-order valence-corrected chi connectivity index (χ2v) is 6.94. The maximum Gasteiger partial charge on any atom is 0.287 e. The Hall–Kier alpha value is -2.61. The molecule has 1 saturated heterocycles. The van der Waals surface area contributed by atoms with Crippen molar-refractivity contribution in [3.63, 3.8) is 0 Å². The minimum Gasteiger partial charge on any atom is -0.468 e. The lowest BCUT2D eigenvalue weighted by Gasteiger charge is -2.33. The Kier molecular flexibility index (Phi) is 5.47. The molecule has 2 aromatic heterocycles. The van der Waals surface area contributed by atoms with E-state index in [0.717, 1.165) is 18.8 Å². The summed E-state index contributed by atoms with van der Waals surface area (Å²) < 4.78 is 16.6. The van der Waals surface area contributed by atoms with Gasteiger partial charge in [0.1, 0.15) is 11.3 Å². The molecule has 7 nitrogen and oxygen atoms in total. The van der Waals surface area contributed by atoms with Crippen LogP contribution in [-0.4, -0.2) is 43.7 Å². The second kappa shape index (κ2) is 8.18. The molecule has 28 heavy (non-hydrogen) atoms. The number of rotatable bonds is 5. The molecule has 0 spiro atoms. The van der Waals surface area contributed by atoms with Crippen LogP contribution in [0.15, 0.2) is 56.3 Å². The summed E-state index contributed by atoms with van der Waals surface area (Å²) in [6, 6.07) is 9.47. The Morgan fingerprint density at radius 1 is 1.21 bits per heavy atom. The van der Waals surface area contributed by atoms with E-state index in [4.69, 9.17) is 25.2 Å². The number of carbonyl (C=O) groups is 1. The number of benzene rings is 1. The van der Waals surface area contributed by atoms with E-state index in [1.54, 1.807) is 18.4 Å². The van der Waals surface area contributed by atoms with Gasteiger partial charge in [0.25, 0.3) is 5.91 Å². The van der Waals surface area contributed by atoms with Gasteiger partial charge in [-0.15, -0.1) is 0 Å². The number of halogens is 1. The van der Waals surface area contributed by atoms with Crippen molar-refractivity contribution in [2.24, 2.45) is 0 Å². The zero-order chi connectivity index (χ0) is 19.5. The van der Waals surface area contributed by atoms with Gasteiger partial charge in [-0.05, 0) is 30.3 Å². The smallest absolute Gasteiger partial charge is 0.287 e. The molecule has 146 valence electrons. The topological polar surface area (TPSA) is 84.9 Å². The lowest BCUT2D eigenvalue weighted by atomic mass is 10.1. The molecule has 0 radical (unpaired) electrons. The van der Waals surface area contributed by atoms with Crippen LogP contribution in [0.3, 0.4) is 0 Å². The Balaban J connectivity index is 1.53. The van der Waals surface area contributed by atoms with Gasteiger partial charge in [0.05, 0.1) is 30.9 Å². The fourth-order valence-corrected chi connectivity index (χ4v) is 3.47. The van der Waals surface area contributed by atoms with Gasteiger partial charge in [0, 0.05) is 30.7 Å². The van der Waals surface area contributed by atoms with Crippen molar-refractivity contribution in [1.82, 2.24) is 10.2 Å². The van der Waals surface area contributed by atoms with Crippen LogP contribution in [-0.2, 0) is 4.74 Å². The predicted molar refractivity (Wildman–Crippen MR) is 104 cm³/mol. The molecule has 1 fully saturated rings. The van der Waals surface area contributed by atoms with Gasteiger partial charge in [-0.2, -0.15) is 0 Å². The van der Waals surface area contributed by atoms with E-state index in [1.807, 2.05) is 12.1 Å². The number of hydrogen-bond acceptors (Lipinski definition) is 6. The largest absolute Gasteiger partial charge is 0.468 e. The average molecular weight is 403 g/mol. The molecule has 3 heterocycles. The van der Waals surface area contributed by atoms with Crippen LogP contribution in [0, 0.1) is 0 Å². The van der Waals surface area contributed by atoms with Gasteiger partial charge in [-0.25, -0.2) is 0 Å². The number of hydrogen-bond donors (Lipinski definition) is 1. The van der Waals surface area contributed by atoms with E-state index in [2.05, 4.69) is 10.2 Å². The monoisotopic (exact) mass is 402 g/mol. The molecule has 0 unspecified atom stereocenters. The van der Waals surface area contributed by atoms with E-state index in [1.165, 1.54) is 12.1 Å². The minimum absolute atomic E-state index is 0.0417. The lowest BCUT2D eigenvalue weighted by molar-refractivity contribution is 0.0117. The van der Waals surface area contributed by atoms with Crippen LogP contribution >= 0.6 is 11.6 Å². The van der Waals surface area contributed by atoms with E-state index in [9.17, 15) is 9.59 Å². The van der Waals surface area contributed by atoms with Crippen LogP contribution in [0.2, 0.25) is 5.02 Å². The van der Waals surface area contributed by atoms with Crippen molar-refractivity contribution in [2.75, 3.05) is 32.8 Å². The summed E-state index contributed by atoms with van der Waals surface area (Å²) in [4.78, 5) is 27.1. The molecule has 0 bridgehead atoms. The predicted octanol–water partition coefficient (Wildman–Crippen LogP) is 2.84. The molecule has 1 N–H and O–H groups in total. The van der Waals surface area contributed by atoms with E-state index >= 15 is 0 Å². The first-order valence-electron chi connectivity index (χ1n) is 8.98. The van der Waals surface area contributed by atoms with Crippen molar-refractivity contribution in [1.29, 1.82) is 0 Å². The third-order valence-electron chi connectivity index (χ3n) is 4.73. The number of amides is 1. The van der Waals surface area contributed by atoms with Crippen molar-refractivity contribution in [3.8, 4) is 0 Å². The Morgan fingerprint density at radius 3 is 2.79 bits per heavy atom. The molecule has 0 aliphatic carbocycles. The summed E-state index contributed by atoms with van der Waals surface area (Å²) in [7, 11) is 0. The van der Waals surface area contributed by atoms with E-state index in [-0.39, 0.29) is 17.2 Å². The number of fused-ring (bicyclic) bond motifs is 1. The zero-order valence-corrected chi connectivity index (χ0v) is 15.8. The highest BCUT2D eigenvalue weighted by Crippen LogP contribution is 2.22. The zero-order valence-electron chi connectivity index (χ0n) is 15.0. The molecule has 1 atom stereocenters. The third kappa shape index (κ3) is 3.96. The molecule has 8 heteroatoms. The lowest BCUT2D eigenvalue weighted by Crippen LogP contribution is -2.43. The highest BCUT2D eigenvalue weighted by atomic mass is 35.5. The van der Waals surface area contributed by atoms with E-state index in [0.29, 0.717) is 35.8 Å². The normalized spacial score (nSPS) is 16.2. The van der Waals surface area contributed by atoms with Crippen LogP contribution in [0.5, 0.6) is 0 Å².